The Labute approximate surface area is 125 Å². The number of carbonyl (C=O) groups is 1. The minimum atomic E-state index is -0.469. The minimum absolute atomic E-state index is 0.217. The van der Waals surface area contributed by atoms with Gasteiger partial charge in [-0.2, -0.15) is 0 Å². The molecule has 3 N–H and O–H groups in total. The molecule has 1 aromatic heterocycles. The average molecular weight is 305 g/mol. The van der Waals surface area contributed by atoms with Crippen molar-refractivity contribution in [3.05, 3.63) is 45.9 Å². The van der Waals surface area contributed by atoms with E-state index in [2.05, 4.69) is 9.97 Å². The smallest absolute Gasteiger partial charge is 0.340 e. The summed E-state index contributed by atoms with van der Waals surface area (Å²) in [5, 5.41) is 0.458. The van der Waals surface area contributed by atoms with Crippen LogP contribution in [0.25, 0.3) is 0 Å². The molecule has 0 unspecified atom stereocenters. The molecule has 0 atom stereocenters. The lowest BCUT2D eigenvalue weighted by Gasteiger charge is -2.07. The second-order valence-corrected chi connectivity index (χ2v) is 5.33. The van der Waals surface area contributed by atoms with Crippen molar-refractivity contribution in [3.63, 3.8) is 0 Å². The van der Waals surface area contributed by atoms with Crippen LogP contribution in [-0.2, 0) is 4.74 Å². The van der Waals surface area contributed by atoms with E-state index >= 15 is 0 Å². The van der Waals surface area contributed by atoms with Gasteiger partial charge in [-0.05, 0) is 32.0 Å². The lowest BCUT2D eigenvalue weighted by molar-refractivity contribution is 0.0527. The van der Waals surface area contributed by atoms with Gasteiger partial charge in [0.15, 0.2) is 5.16 Å². The Morgan fingerprint density at radius 2 is 2.19 bits per heavy atom. The third-order valence-electron chi connectivity index (χ3n) is 2.58. The number of aryl methyl sites for hydroxylation is 1. The van der Waals surface area contributed by atoms with Gasteiger partial charge in [-0.1, -0.05) is 11.8 Å². The zero-order valence-corrected chi connectivity index (χ0v) is 12.5. The van der Waals surface area contributed by atoms with Crippen molar-refractivity contribution in [3.8, 4) is 0 Å². The summed E-state index contributed by atoms with van der Waals surface area (Å²) in [5.74, 6) is -0.469. The maximum Gasteiger partial charge on any atom is 0.340 e. The number of aromatic nitrogens is 2. The lowest BCUT2D eigenvalue weighted by atomic mass is 10.2. The largest absolute Gasteiger partial charge is 0.462 e. The molecule has 0 aliphatic carbocycles. The molecule has 0 amide bonds. The fourth-order valence-corrected chi connectivity index (χ4v) is 2.57. The Bertz CT molecular complexity index is 728. The fourth-order valence-electron chi connectivity index (χ4n) is 1.70. The Hall–Kier alpha value is -2.28. The van der Waals surface area contributed by atoms with Crippen LogP contribution in [-0.4, -0.2) is 22.5 Å². The number of anilines is 1. The summed E-state index contributed by atoms with van der Waals surface area (Å²) in [6.45, 7) is 3.75. The molecule has 2 rings (SSSR count). The van der Waals surface area contributed by atoms with Crippen LogP contribution in [0.4, 0.5) is 5.69 Å². The Morgan fingerprint density at radius 1 is 1.43 bits per heavy atom. The first-order chi connectivity index (χ1) is 9.99. The van der Waals surface area contributed by atoms with Gasteiger partial charge in [-0.3, -0.25) is 4.79 Å². The summed E-state index contributed by atoms with van der Waals surface area (Å²) in [5.41, 5.74) is 6.84. The van der Waals surface area contributed by atoms with E-state index in [1.807, 2.05) is 0 Å². The number of rotatable bonds is 4. The van der Waals surface area contributed by atoms with Crippen molar-refractivity contribution in [2.45, 2.75) is 23.9 Å². The van der Waals surface area contributed by atoms with Crippen LogP contribution in [0.15, 0.2) is 39.1 Å². The summed E-state index contributed by atoms with van der Waals surface area (Å²) >= 11 is 1.24. The lowest BCUT2D eigenvalue weighted by Crippen LogP contribution is -2.09. The highest BCUT2D eigenvalue weighted by atomic mass is 32.2. The highest BCUT2D eigenvalue weighted by molar-refractivity contribution is 7.99. The number of hydrogen-bond acceptors (Lipinski definition) is 6. The molecular formula is C14H15N3O3S. The second-order valence-electron chi connectivity index (χ2n) is 4.26. The number of esters is 1. The van der Waals surface area contributed by atoms with Crippen LogP contribution in [0.3, 0.4) is 0 Å². The first-order valence-corrected chi connectivity index (χ1v) is 7.13. The summed E-state index contributed by atoms with van der Waals surface area (Å²) in [7, 11) is 0. The molecule has 2 aromatic rings. The summed E-state index contributed by atoms with van der Waals surface area (Å²) < 4.78 is 4.95. The van der Waals surface area contributed by atoms with Gasteiger partial charge in [-0.15, -0.1) is 0 Å². The number of aromatic amines is 1. The molecule has 1 heterocycles. The quantitative estimate of drug-likeness (QED) is 0.509. The number of nitrogens with two attached hydrogens (primary N) is 1. The van der Waals surface area contributed by atoms with Gasteiger partial charge in [0.05, 0.1) is 12.2 Å². The van der Waals surface area contributed by atoms with Gasteiger partial charge < -0.3 is 15.5 Å². The number of ether oxygens (including phenoxy) is 1. The van der Waals surface area contributed by atoms with Gasteiger partial charge in [0.1, 0.15) is 0 Å². The molecule has 0 radical (unpaired) electrons. The van der Waals surface area contributed by atoms with Crippen molar-refractivity contribution < 1.29 is 9.53 Å². The molecule has 21 heavy (non-hydrogen) atoms. The van der Waals surface area contributed by atoms with Gasteiger partial charge in [-0.25, -0.2) is 9.78 Å². The monoisotopic (exact) mass is 305 g/mol. The predicted molar refractivity (Wildman–Crippen MR) is 80.5 cm³/mol. The van der Waals surface area contributed by atoms with E-state index < -0.39 is 5.97 Å². The maximum atomic E-state index is 11.8. The highest BCUT2D eigenvalue weighted by Gasteiger charge is 2.12. The summed E-state index contributed by atoms with van der Waals surface area (Å²) in [4.78, 5) is 30.8. The van der Waals surface area contributed by atoms with Crippen LogP contribution in [0.2, 0.25) is 0 Å². The Morgan fingerprint density at radius 3 is 2.86 bits per heavy atom. The number of carbonyl (C=O) groups excluding carboxylic acids is 1. The maximum absolute atomic E-state index is 11.8. The molecule has 0 fully saturated rings. The van der Waals surface area contributed by atoms with Crippen molar-refractivity contribution in [2.24, 2.45) is 0 Å². The number of nitrogens with one attached hydrogen (secondary N) is 1. The van der Waals surface area contributed by atoms with Crippen molar-refractivity contribution in [2.75, 3.05) is 12.3 Å². The van der Waals surface area contributed by atoms with E-state index in [9.17, 15) is 9.59 Å². The predicted octanol–water partition coefficient (Wildman–Crippen LogP) is 1.99. The first-order valence-electron chi connectivity index (χ1n) is 6.32. The van der Waals surface area contributed by atoms with Crippen LogP contribution in [0.5, 0.6) is 0 Å². The minimum Gasteiger partial charge on any atom is -0.462 e. The number of benzene rings is 1. The normalized spacial score (nSPS) is 10.4. The van der Waals surface area contributed by atoms with Gasteiger partial charge in [0.2, 0.25) is 0 Å². The van der Waals surface area contributed by atoms with E-state index in [-0.39, 0.29) is 12.2 Å². The molecule has 0 aliphatic rings. The molecule has 0 spiro atoms. The molecule has 0 saturated carbocycles. The van der Waals surface area contributed by atoms with Crippen LogP contribution in [0.1, 0.15) is 23.0 Å². The summed E-state index contributed by atoms with van der Waals surface area (Å²) in [6.07, 6.45) is 0. The van der Waals surface area contributed by atoms with Crippen LogP contribution < -0.4 is 11.3 Å². The van der Waals surface area contributed by atoms with Crippen molar-refractivity contribution in [1.82, 2.24) is 9.97 Å². The fraction of sp³-hybridized carbons (Fsp3) is 0.214. The topological polar surface area (TPSA) is 98.1 Å². The molecule has 7 heteroatoms. The molecule has 110 valence electrons. The molecule has 6 nitrogen and oxygen atoms in total. The number of nitrogen functional groups attached to an aromatic ring is 1. The van der Waals surface area contributed by atoms with Gasteiger partial charge in [0, 0.05) is 22.3 Å². The zero-order valence-electron chi connectivity index (χ0n) is 11.7. The first kappa shape index (κ1) is 15.1. The van der Waals surface area contributed by atoms with Crippen molar-refractivity contribution in [1.29, 1.82) is 0 Å². The second kappa shape index (κ2) is 6.45. The number of nitrogens with zero attached hydrogens (tertiary/aromatic N) is 1. The SMILES string of the molecule is CCOC(=O)c1cc(Sc2nc(C)cc(=O)[nH]2)ccc1N. The number of hydrogen-bond donors (Lipinski definition) is 2. The Balaban J connectivity index is 2.30. The Kier molecular flexibility index (Phi) is 4.64. The van der Waals surface area contributed by atoms with Crippen molar-refractivity contribution >= 4 is 23.4 Å². The molecule has 0 aliphatic heterocycles. The molecular weight excluding hydrogens is 290 g/mol. The zero-order chi connectivity index (χ0) is 15.4. The van der Waals surface area contributed by atoms with E-state index in [4.69, 9.17) is 10.5 Å². The third kappa shape index (κ3) is 3.85. The van der Waals surface area contributed by atoms with Gasteiger partial charge in [0.25, 0.3) is 5.56 Å². The van der Waals surface area contributed by atoms with E-state index in [1.165, 1.54) is 17.8 Å². The molecule has 0 saturated heterocycles. The summed E-state index contributed by atoms with van der Waals surface area (Å²) in [6, 6.07) is 6.42. The molecule has 1 aromatic carbocycles. The average Bonchev–Trinajstić information content (AvgIpc) is 2.40. The number of H-pyrrole nitrogens is 1. The molecule has 0 bridgehead atoms. The standard InChI is InChI=1S/C14H15N3O3S/c1-3-20-13(19)10-7-9(4-5-11(10)15)21-14-16-8(2)6-12(18)17-14/h4-7H,3,15H2,1-2H3,(H,16,17,18). The van der Waals surface area contributed by atoms with Crippen LogP contribution in [0, 0.1) is 6.92 Å². The van der Waals surface area contributed by atoms with Gasteiger partial charge >= 0.3 is 5.97 Å². The highest BCUT2D eigenvalue weighted by Crippen LogP contribution is 2.27. The third-order valence-corrected chi connectivity index (χ3v) is 3.46. The van der Waals surface area contributed by atoms with E-state index in [0.717, 1.165) is 4.90 Å². The van der Waals surface area contributed by atoms with Crippen LogP contribution >= 0.6 is 11.8 Å². The van der Waals surface area contributed by atoms with E-state index in [1.54, 1.807) is 32.0 Å². The van der Waals surface area contributed by atoms with E-state index in [0.29, 0.717) is 22.1 Å².